The molecule has 1 aliphatic heterocycles. The van der Waals surface area contributed by atoms with Crippen LogP contribution in [0.25, 0.3) is 0 Å². The first-order valence-corrected chi connectivity index (χ1v) is 13.5. The molecule has 10 heteroatoms. The number of nitrogens with zero attached hydrogens (tertiary/aromatic N) is 1. The number of likely N-dealkylation sites (tertiary alicyclic amines) is 1. The van der Waals surface area contributed by atoms with Gasteiger partial charge in [-0.2, -0.15) is 0 Å². The maximum absolute atomic E-state index is 13.6. The molecule has 0 radical (unpaired) electrons. The van der Waals surface area contributed by atoms with E-state index < -0.39 is 33.9 Å². The summed E-state index contributed by atoms with van der Waals surface area (Å²) < 4.78 is 26.6. The van der Waals surface area contributed by atoms with Crippen LogP contribution in [-0.4, -0.2) is 55.9 Å². The number of hydrogen-bond donors (Lipinski definition) is 4. The van der Waals surface area contributed by atoms with Crippen LogP contribution in [0.5, 0.6) is 0 Å². The average molecular weight is 478 g/mol. The first-order valence-electron chi connectivity index (χ1n) is 11.6. The number of hydrogen-bond acceptors (Lipinski definition) is 5. The molecular weight excluding hydrogens is 442 g/mol. The van der Waals surface area contributed by atoms with Crippen molar-refractivity contribution in [3.8, 4) is 0 Å². The number of carbonyl (C=O) groups excluding carboxylic acids is 2. The maximum Gasteiger partial charge on any atom is 0.243 e. The minimum Gasteiger partial charge on any atom is -0.387 e. The first kappa shape index (κ1) is 25.2. The van der Waals surface area contributed by atoms with Crippen molar-refractivity contribution in [3.05, 3.63) is 35.9 Å². The highest BCUT2D eigenvalue weighted by Crippen LogP contribution is 2.30. The fraction of sp³-hybridized carbons (Fsp3) is 0.609. The summed E-state index contributed by atoms with van der Waals surface area (Å²) in [6.45, 7) is 0.445. The van der Waals surface area contributed by atoms with Crippen molar-refractivity contribution in [1.82, 2.24) is 14.9 Å². The molecule has 1 saturated heterocycles. The molecular formula is C23H35N5O4S. The molecule has 182 valence electrons. The summed E-state index contributed by atoms with van der Waals surface area (Å²) in [6.07, 6.45) is 6.93. The lowest BCUT2D eigenvalue weighted by atomic mass is 9.84. The molecule has 1 heterocycles. The molecule has 1 aromatic carbocycles. The van der Waals surface area contributed by atoms with Crippen molar-refractivity contribution < 1.29 is 18.0 Å². The lowest BCUT2D eigenvalue weighted by Crippen LogP contribution is -2.53. The molecule has 3 atom stereocenters. The number of rotatable bonds is 9. The van der Waals surface area contributed by atoms with Crippen LogP contribution >= 0.6 is 0 Å². The van der Waals surface area contributed by atoms with Crippen LogP contribution < -0.4 is 15.8 Å². The van der Waals surface area contributed by atoms with Gasteiger partial charge in [-0.15, -0.1) is 0 Å². The van der Waals surface area contributed by atoms with Gasteiger partial charge < -0.3 is 16.0 Å². The number of benzene rings is 1. The summed E-state index contributed by atoms with van der Waals surface area (Å²) in [6, 6.07) is 7.71. The number of amidine groups is 1. The Balaban J connectivity index is 1.76. The highest BCUT2D eigenvalue weighted by atomic mass is 32.2. The van der Waals surface area contributed by atoms with Gasteiger partial charge in [-0.1, -0.05) is 62.4 Å². The highest BCUT2D eigenvalue weighted by Gasteiger charge is 2.43. The van der Waals surface area contributed by atoms with E-state index in [2.05, 4.69) is 10.0 Å². The van der Waals surface area contributed by atoms with Gasteiger partial charge in [0.15, 0.2) is 0 Å². The zero-order valence-electron chi connectivity index (χ0n) is 19.1. The first-order chi connectivity index (χ1) is 15.6. The van der Waals surface area contributed by atoms with Crippen LogP contribution in [0.3, 0.4) is 0 Å². The van der Waals surface area contributed by atoms with E-state index in [1.807, 2.05) is 30.3 Å². The molecule has 1 aliphatic carbocycles. The Morgan fingerprint density at radius 1 is 1.18 bits per heavy atom. The lowest BCUT2D eigenvalue weighted by molar-refractivity contribution is -0.140. The average Bonchev–Trinajstić information content (AvgIpc) is 3.23. The van der Waals surface area contributed by atoms with E-state index >= 15 is 0 Å². The number of nitrogens with one attached hydrogen (secondary N) is 3. The SMILES string of the molecule is CS(=O)(=O)N[C@H](CC1CCCCC1)C(=O)N1CC(C(=N)N)C[C@H]1C(=O)NCc1ccccc1. The summed E-state index contributed by atoms with van der Waals surface area (Å²) >= 11 is 0. The smallest absolute Gasteiger partial charge is 0.243 e. The van der Waals surface area contributed by atoms with Crippen LogP contribution in [0.2, 0.25) is 0 Å². The maximum atomic E-state index is 13.6. The van der Waals surface area contributed by atoms with Crippen molar-refractivity contribution in [2.24, 2.45) is 17.6 Å². The molecule has 33 heavy (non-hydrogen) atoms. The van der Waals surface area contributed by atoms with Gasteiger partial charge >= 0.3 is 0 Å². The molecule has 1 saturated carbocycles. The third-order valence-corrected chi connectivity index (χ3v) is 7.30. The second-order valence-corrected chi connectivity index (χ2v) is 11.1. The molecule has 1 aromatic rings. The van der Waals surface area contributed by atoms with Gasteiger partial charge in [-0.3, -0.25) is 15.0 Å². The normalized spacial score (nSPS) is 22.6. The Morgan fingerprint density at radius 3 is 2.45 bits per heavy atom. The van der Waals surface area contributed by atoms with Crippen molar-refractivity contribution in [2.45, 2.75) is 63.6 Å². The third kappa shape index (κ3) is 7.26. The van der Waals surface area contributed by atoms with Crippen LogP contribution in [0.4, 0.5) is 0 Å². The molecule has 2 fully saturated rings. The van der Waals surface area contributed by atoms with E-state index in [-0.39, 0.29) is 30.6 Å². The molecule has 9 nitrogen and oxygen atoms in total. The van der Waals surface area contributed by atoms with Gasteiger partial charge in [0.1, 0.15) is 12.1 Å². The summed E-state index contributed by atoms with van der Waals surface area (Å²) in [7, 11) is -3.63. The molecule has 5 N–H and O–H groups in total. The highest BCUT2D eigenvalue weighted by molar-refractivity contribution is 7.88. The molecule has 0 aromatic heterocycles. The minimum absolute atomic E-state index is 0.0777. The van der Waals surface area contributed by atoms with Gasteiger partial charge in [-0.05, 0) is 24.3 Å². The summed E-state index contributed by atoms with van der Waals surface area (Å²) in [5, 5.41) is 10.7. The summed E-state index contributed by atoms with van der Waals surface area (Å²) in [4.78, 5) is 28.0. The molecule has 0 spiro atoms. The Labute approximate surface area is 196 Å². The van der Waals surface area contributed by atoms with Crippen molar-refractivity contribution in [3.63, 3.8) is 0 Å². The van der Waals surface area contributed by atoms with E-state index in [1.165, 1.54) is 4.90 Å². The van der Waals surface area contributed by atoms with E-state index in [0.717, 1.165) is 43.9 Å². The second kappa shape index (κ2) is 11.1. The van der Waals surface area contributed by atoms with Crippen LogP contribution in [0.15, 0.2) is 30.3 Å². The fourth-order valence-corrected chi connectivity index (χ4v) is 5.58. The van der Waals surface area contributed by atoms with Gasteiger partial charge in [-0.25, -0.2) is 13.1 Å². The molecule has 2 aliphatic rings. The number of amides is 2. The van der Waals surface area contributed by atoms with E-state index in [1.54, 1.807) is 0 Å². The number of sulfonamides is 1. The molecule has 2 amide bonds. The van der Waals surface area contributed by atoms with Crippen molar-refractivity contribution in [2.75, 3.05) is 12.8 Å². The fourth-order valence-electron chi connectivity index (χ4n) is 4.87. The van der Waals surface area contributed by atoms with Gasteiger partial charge in [0, 0.05) is 19.0 Å². The lowest BCUT2D eigenvalue weighted by Gasteiger charge is -2.31. The standard InChI is InChI=1S/C23H35N5O4S/c1-33(31,32)27-19(12-16-8-4-2-5-9-16)23(30)28-15-18(21(24)25)13-20(28)22(29)26-14-17-10-6-3-7-11-17/h3,6-7,10-11,16,18-20,27H,2,4-5,8-9,12-15H2,1H3,(H3,24,25)(H,26,29)/t18?,19-,20+/m1/s1. The predicted octanol–water partition coefficient (Wildman–Crippen LogP) is 1.34. The summed E-state index contributed by atoms with van der Waals surface area (Å²) in [5.41, 5.74) is 6.65. The Bertz CT molecular complexity index is 947. The van der Waals surface area contributed by atoms with E-state index in [4.69, 9.17) is 11.1 Å². The van der Waals surface area contributed by atoms with Crippen LogP contribution in [-0.2, 0) is 26.2 Å². The Hall–Kier alpha value is -2.46. The number of carbonyl (C=O) groups is 2. The largest absolute Gasteiger partial charge is 0.387 e. The van der Waals surface area contributed by atoms with Crippen molar-refractivity contribution >= 4 is 27.7 Å². The minimum atomic E-state index is -3.63. The summed E-state index contributed by atoms with van der Waals surface area (Å²) in [5.74, 6) is -0.999. The van der Waals surface area contributed by atoms with Crippen LogP contribution in [0, 0.1) is 17.2 Å². The van der Waals surface area contributed by atoms with Gasteiger partial charge in [0.25, 0.3) is 0 Å². The quantitative estimate of drug-likeness (QED) is 0.313. The zero-order valence-corrected chi connectivity index (χ0v) is 19.9. The van der Waals surface area contributed by atoms with Gasteiger partial charge in [0.2, 0.25) is 21.8 Å². The number of nitrogens with two attached hydrogens (primary N) is 1. The third-order valence-electron chi connectivity index (χ3n) is 6.58. The predicted molar refractivity (Wildman–Crippen MR) is 127 cm³/mol. The van der Waals surface area contributed by atoms with Gasteiger partial charge in [0.05, 0.1) is 12.1 Å². The molecule has 3 rings (SSSR count). The Kier molecular flexibility index (Phi) is 8.47. The van der Waals surface area contributed by atoms with E-state index in [9.17, 15) is 18.0 Å². The molecule has 1 unspecified atom stereocenters. The molecule has 0 bridgehead atoms. The van der Waals surface area contributed by atoms with Crippen LogP contribution in [0.1, 0.15) is 50.5 Å². The van der Waals surface area contributed by atoms with Crippen molar-refractivity contribution in [1.29, 1.82) is 5.41 Å². The van der Waals surface area contributed by atoms with E-state index in [0.29, 0.717) is 13.0 Å². The Morgan fingerprint density at radius 2 is 1.85 bits per heavy atom. The zero-order chi connectivity index (χ0) is 24.0. The monoisotopic (exact) mass is 477 g/mol. The second-order valence-electron chi connectivity index (χ2n) is 9.28. The topological polar surface area (TPSA) is 145 Å².